The van der Waals surface area contributed by atoms with Gasteiger partial charge in [0.1, 0.15) is 0 Å². The molecule has 1 saturated heterocycles. The third-order valence-electron chi connectivity index (χ3n) is 3.82. The number of sulfonamides is 1. The highest BCUT2D eigenvalue weighted by Crippen LogP contribution is 2.24. The molecule has 0 bridgehead atoms. The number of carbonyl (C=O) groups excluding carboxylic acids is 2. The van der Waals surface area contributed by atoms with Crippen LogP contribution in [0.2, 0.25) is 0 Å². The standard InChI is InChI=1S/C17H24N2O6S2/c1-3-25-17(21)12-26-11-16(20)18-14-5-4-13(2)15(10-14)27(22,23)19-6-8-24-9-7-19/h4-5,10H,3,6-9,11-12H2,1-2H3,(H,18,20). The lowest BCUT2D eigenvalue weighted by atomic mass is 10.2. The number of benzene rings is 1. The van der Waals surface area contributed by atoms with Crippen LogP contribution >= 0.6 is 11.8 Å². The molecule has 0 atom stereocenters. The number of aryl methyl sites for hydroxylation is 1. The van der Waals surface area contributed by atoms with Crippen LogP contribution in [0.1, 0.15) is 12.5 Å². The minimum absolute atomic E-state index is 0.0677. The van der Waals surface area contributed by atoms with Gasteiger partial charge in [0, 0.05) is 18.8 Å². The maximum absolute atomic E-state index is 12.9. The molecule has 10 heteroatoms. The Morgan fingerprint density at radius 3 is 2.63 bits per heavy atom. The zero-order chi connectivity index (χ0) is 19.9. The number of amides is 1. The summed E-state index contributed by atoms with van der Waals surface area (Å²) in [7, 11) is -3.65. The summed E-state index contributed by atoms with van der Waals surface area (Å²) in [4.78, 5) is 23.5. The molecule has 1 amide bonds. The van der Waals surface area contributed by atoms with Crippen LogP contribution in [0.5, 0.6) is 0 Å². The monoisotopic (exact) mass is 416 g/mol. The van der Waals surface area contributed by atoms with Crippen molar-refractivity contribution in [2.75, 3.05) is 49.7 Å². The number of morpholine rings is 1. The molecule has 1 aromatic carbocycles. The summed E-state index contributed by atoms with van der Waals surface area (Å²) in [6, 6.07) is 4.78. The quantitative estimate of drug-likeness (QED) is 0.636. The normalized spacial score (nSPS) is 15.3. The summed E-state index contributed by atoms with van der Waals surface area (Å²) in [6.07, 6.45) is 0. The minimum Gasteiger partial charge on any atom is -0.465 e. The largest absolute Gasteiger partial charge is 0.465 e. The van der Waals surface area contributed by atoms with Crippen LogP contribution in [0.3, 0.4) is 0 Å². The molecule has 0 aromatic heterocycles. The average molecular weight is 417 g/mol. The van der Waals surface area contributed by atoms with Crippen molar-refractivity contribution in [2.45, 2.75) is 18.7 Å². The number of thioether (sulfide) groups is 1. The van der Waals surface area contributed by atoms with Gasteiger partial charge in [0.15, 0.2) is 0 Å². The van der Waals surface area contributed by atoms with Crippen LogP contribution in [0.15, 0.2) is 23.1 Å². The van der Waals surface area contributed by atoms with Crippen LogP contribution in [-0.2, 0) is 29.1 Å². The van der Waals surface area contributed by atoms with E-state index in [0.29, 0.717) is 44.2 Å². The number of nitrogens with one attached hydrogen (secondary N) is 1. The van der Waals surface area contributed by atoms with E-state index in [1.165, 1.54) is 10.4 Å². The molecule has 0 aliphatic carbocycles. The number of carbonyl (C=O) groups is 2. The molecule has 1 N–H and O–H groups in total. The average Bonchev–Trinajstić information content (AvgIpc) is 2.64. The summed E-state index contributed by atoms with van der Waals surface area (Å²) in [5.74, 6) is -0.531. The molecular formula is C17H24N2O6S2. The molecule has 0 saturated carbocycles. The van der Waals surface area contributed by atoms with Crippen molar-refractivity contribution in [3.8, 4) is 0 Å². The van der Waals surface area contributed by atoms with E-state index in [0.717, 1.165) is 11.8 Å². The molecule has 2 rings (SSSR count). The topological polar surface area (TPSA) is 102 Å². The van der Waals surface area contributed by atoms with E-state index in [2.05, 4.69) is 5.32 Å². The van der Waals surface area contributed by atoms with E-state index in [4.69, 9.17) is 9.47 Å². The molecule has 1 aromatic rings. The number of hydrogen-bond donors (Lipinski definition) is 1. The lowest BCUT2D eigenvalue weighted by Gasteiger charge is -2.26. The van der Waals surface area contributed by atoms with Gasteiger partial charge in [-0.15, -0.1) is 11.8 Å². The van der Waals surface area contributed by atoms with Gasteiger partial charge in [-0.05, 0) is 31.5 Å². The van der Waals surface area contributed by atoms with Crippen molar-refractivity contribution in [3.63, 3.8) is 0 Å². The van der Waals surface area contributed by atoms with Crippen molar-refractivity contribution in [1.29, 1.82) is 0 Å². The molecule has 0 radical (unpaired) electrons. The Kier molecular flexibility index (Phi) is 8.08. The molecule has 0 spiro atoms. The fourth-order valence-electron chi connectivity index (χ4n) is 2.51. The SMILES string of the molecule is CCOC(=O)CSCC(=O)Nc1ccc(C)c(S(=O)(=O)N2CCOCC2)c1. The molecule has 0 unspecified atom stereocenters. The minimum atomic E-state index is -3.65. The van der Waals surface area contributed by atoms with E-state index in [-0.39, 0.29) is 28.3 Å². The van der Waals surface area contributed by atoms with E-state index >= 15 is 0 Å². The third kappa shape index (κ3) is 6.20. The van der Waals surface area contributed by atoms with Crippen LogP contribution in [0.4, 0.5) is 5.69 Å². The number of rotatable bonds is 8. The third-order valence-corrected chi connectivity index (χ3v) is 6.76. The first-order valence-corrected chi connectivity index (χ1v) is 11.2. The van der Waals surface area contributed by atoms with Gasteiger partial charge in [-0.1, -0.05) is 6.07 Å². The predicted octanol–water partition coefficient (Wildman–Crippen LogP) is 1.25. The number of nitrogens with zero attached hydrogens (tertiary/aromatic N) is 1. The van der Waals surface area contributed by atoms with Gasteiger partial charge in [0.2, 0.25) is 15.9 Å². The van der Waals surface area contributed by atoms with Crippen molar-refractivity contribution in [3.05, 3.63) is 23.8 Å². The highest BCUT2D eigenvalue weighted by atomic mass is 32.2. The molecular weight excluding hydrogens is 392 g/mol. The Morgan fingerprint density at radius 1 is 1.26 bits per heavy atom. The predicted molar refractivity (Wildman–Crippen MR) is 103 cm³/mol. The van der Waals surface area contributed by atoms with Crippen LogP contribution in [-0.4, -0.2) is 69.0 Å². The highest BCUT2D eigenvalue weighted by molar-refractivity contribution is 8.00. The first-order chi connectivity index (χ1) is 12.8. The van der Waals surface area contributed by atoms with Gasteiger partial charge < -0.3 is 14.8 Å². The highest BCUT2D eigenvalue weighted by Gasteiger charge is 2.28. The Balaban J connectivity index is 2.02. The summed E-state index contributed by atoms with van der Waals surface area (Å²) in [6.45, 7) is 5.09. The maximum Gasteiger partial charge on any atom is 0.315 e. The van der Waals surface area contributed by atoms with Gasteiger partial charge in [-0.3, -0.25) is 9.59 Å². The molecule has 27 heavy (non-hydrogen) atoms. The van der Waals surface area contributed by atoms with E-state index < -0.39 is 10.0 Å². The molecule has 8 nitrogen and oxygen atoms in total. The van der Waals surface area contributed by atoms with Gasteiger partial charge in [0.05, 0.1) is 36.2 Å². The fraction of sp³-hybridized carbons (Fsp3) is 0.529. The van der Waals surface area contributed by atoms with E-state index in [9.17, 15) is 18.0 Å². The number of anilines is 1. The van der Waals surface area contributed by atoms with Crippen molar-refractivity contribution >= 4 is 39.3 Å². The van der Waals surface area contributed by atoms with Gasteiger partial charge >= 0.3 is 5.97 Å². The zero-order valence-electron chi connectivity index (χ0n) is 15.4. The number of ether oxygens (including phenoxy) is 2. The van der Waals surface area contributed by atoms with Gasteiger partial charge in [0.25, 0.3) is 0 Å². The zero-order valence-corrected chi connectivity index (χ0v) is 17.0. The van der Waals surface area contributed by atoms with Crippen LogP contribution in [0, 0.1) is 6.92 Å². The second kappa shape index (κ2) is 10.1. The summed E-state index contributed by atoms with van der Waals surface area (Å²) in [5, 5.41) is 2.67. The molecule has 150 valence electrons. The lowest BCUT2D eigenvalue weighted by molar-refractivity contribution is -0.139. The second-order valence-electron chi connectivity index (χ2n) is 5.84. The van der Waals surface area contributed by atoms with Gasteiger partial charge in [-0.25, -0.2) is 8.42 Å². The molecule has 1 aliphatic rings. The van der Waals surface area contributed by atoms with Crippen molar-refractivity contribution < 1.29 is 27.5 Å². The molecule has 1 heterocycles. The first-order valence-electron chi connectivity index (χ1n) is 8.56. The van der Waals surface area contributed by atoms with Gasteiger partial charge in [-0.2, -0.15) is 4.31 Å². The molecule has 1 aliphatic heterocycles. The molecule has 1 fully saturated rings. The number of esters is 1. The summed E-state index contributed by atoms with van der Waals surface area (Å²) >= 11 is 1.14. The maximum atomic E-state index is 12.9. The fourth-order valence-corrected chi connectivity index (χ4v) is 4.78. The van der Waals surface area contributed by atoms with E-state index in [1.807, 2.05) is 0 Å². The second-order valence-corrected chi connectivity index (χ2v) is 8.73. The Hall–Kier alpha value is -1.62. The smallest absolute Gasteiger partial charge is 0.315 e. The van der Waals surface area contributed by atoms with Crippen molar-refractivity contribution in [1.82, 2.24) is 4.31 Å². The first kappa shape index (κ1) is 21.7. The van der Waals surface area contributed by atoms with E-state index in [1.54, 1.807) is 26.0 Å². The lowest BCUT2D eigenvalue weighted by Crippen LogP contribution is -2.40. The Bertz CT molecular complexity index is 776. The number of hydrogen-bond acceptors (Lipinski definition) is 7. The van der Waals surface area contributed by atoms with Crippen LogP contribution < -0.4 is 5.32 Å². The Labute approximate surface area is 163 Å². The summed E-state index contributed by atoms with van der Waals surface area (Å²) < 4.78 is 37.1. The summed E-state index contributed by atoms with van der Waals surface area (Å²) in [5.41, 5.74) is 1.00. The van der Waals surface area contributed by atoms with Crippen molar-refractivity contribution in [2.24, 2.45) is 0 Å². The van der Waals surface area contributed by atoms with Crippen LogP contribution in [0.25, 0.3) is 0 Å². The Morgan fingerprint density at radius 2 is 1.96 bits per heavy atom.